The first-order chi connectivity index (χ1) is 8.86. The lowest BCUT2D eigenvalue weighted by Crippen LogP contribution is -2.31. The molecule has 7 heteroatoms. The number of carbonyl (C=O) groups excluding carboxylic acids is 1. The van der Waals surface area contributed by atoms with Crippen molar-refractivity contribution < 1.29 is 18.0 Å². The minimum absolute atomic E-state index is 0.0281. The molecule has 0 spiro atoms. The molecule has 0 bridgehead atoms. The van der Waals surface area contributed by atoms with Gasteiger partial charge in [0.15, 0.2) is 0 Å². The minimum atomic E-state index is -4.51. The molecule has 1 saturated carbocycles. The van der Waals surface area contributed by atoms with E-state index >= 15 is 0 Å². The fourth-order valence-electron chi connectivity index (χ4n) is 1.63. The molecular formula is C12H14F3N3O. The highest BCUT2D eigenvalue weighted by atomic mass is 19.4. The molecule has 1 fully saturated rings. The highest BCUT2D eigenvalue weighted by molar-refractivity contribution is 5.81. The first-order valence-corrected chi connectivity index (χ1v) is 5.86. The number of amides is 1. The Kier molecular flexibility index (Phi) is 3.55. The normalized spacial score (nSPS) is 15.1. The number of carbonyl (C=O) groups is 1. The van der Waals surface area contributed by atoms with E-state index in [2.05, 4.69) is 10.6 Å². The third kappa shape index (κ3) is 3.77. The first kappa shape index (κ1) is 13.5. The fourth-order valence-corrected chi connectivity index (χ4v) is 1.63. The summed E-state index contributed by atoms with van der Waals surface area (Å²) in [6, 6.07) is 3.61. The van der Waals surface area contributed by atoms with Crippen LogP contribution in [0, 0.1) is 0 Å². The number of alkyl halides is 3. The summed E-state index contributed by atoms with van der Waals surface area (Å²) in [4.78, 5) is 11.4. The molecule has 0 unspecified atom stereocenters. The van der Waals surface area contributed by atoms with Crippen LogP contribution in [0.3, 0.4) is 0 Å². The lowest BCUT2D eigenvalue weighted by atomic mass is 10.1. The van der Waals surface area contributed by atoms with Gasteiger partial charge in [-0.3, -0.25) is 4.79 Å². The molecule has 0 radical (unpaired) electrons. The average Bonchev–Trinajstić information content (AvgIpc) is 3.10. The van der Waals surface area contributed by atoms with Gasteiger partial charge in [0.05, 0.1) is 12.1 Å². The third-order valence-electron chi connectivity index (χ3n) is 2.73. The molecule has 1 amide bonds. The van der Waals surface area contributed by atoms with E-state index in [1.807, 2.05) is 0 Å². The zero-order chi connectivity index (χ0) is 14.0. The molecule has 1 aliphatic carbocycles. The van der Waals surface area contributed by atoms with Crippen LogP contribution in [-0.2, 0) is 11.0 Å². The number of hydrogen-bond acceptors (Lipinski definition) is 3. The van der Waals surface area contributed by atoms with Crippen molar-refractivity contribution in [2.75, 3.05) is 17.6 Å². The molecule has 104 valence electrons. The van der Waals surface area contributed by atoms with Crippen molar-refractivity contribution in [2.24, 2.45) is 0 Å². The van der Waals surface area contributed by atoms with Crippen LogP contribution in [0.4, 0.5) is 24.5 Å². The second-order valence-electron chi connectivity index (χ2n) is 4.50. The number of hydrogen-bond donors (Lipinski definition) is 3. The van der Waals surface area contributed by atoms with Crippen molar-refractivity contribution >= 4 is 17.3 Å². The second kappa shape index (κ2) is 4.99. The molecule has 19 heavy (non-hydrogen) atoms. The van der Waals surface area contributed by atoms with Crippen LogP contribution in [0.5, 0.6) is 0 Å². The predicted molar refractivity (Wildman–Crippen MR) is 65.5 cm³/mol. The van der Waals surface area contributed by atoms with Crippen molar-refractivity contribution in [3.63, 3.8) is 0 Å². The average molecular weight is 273 g/mol. The van der Waals surface area contributed by atoms with Gasteiger partial charge in [0.25, 0.3) is 0 Å². The lowest BCUT2D eigenvalue weighted by molar-refractivity contribution is -0.137. The highest BCUT2D eigenvalue weighted by Gasteiger charge is 2.33. The van der Waals surface area contributed by atoms with Crippen molar-refractivity contribution in [3.8, 4) is 0 Å². The van der Waals surface area contributed by atoms with Gasteiger partial charge >= 0.3 is 6.18 Å². The second-order valence-corrected chi connectivity index (χ2v) is 4.50. The number of rotatable bonds is 4. The van der Waals surface area contributed by atoms with Gasteiger partial charge in [0.2, 0.25) is 5.91 Å². The summed E-state index contributed by atoms with van der Waals surface area (Å²) in [5.41, 5.74) is 4.36. The Hall–Kier alpha value is -1.92. The van der Waals surface area contributed by atoms with Crippen LogP contribution >= 0.6 is 0 Å². The molecule has 4 nitrogen and oxygen atoms in total. The molecule has 2 rings (SSSR count). The van der Waals surface area contributed by atoms with Crippen LogP contribution in [-0.4, -0.2) is 18.5 Å². The molecule has 1 aliphatic rings. The number of benzene rings is 1. The Balaban J connectivity index is 2.04. The number of anilines is 2. The monoisotopic (exact) mass is 273 g/mol. The molecule has 1 aromatic carbocycles. The van der Waals surface area contributed by atoms with Gasteiger partial charge in [-0.15, -0.1) is 0 Å². The lowest BCUT2D eigenvalue weighted by Gasteiger charge is -2.15. The Morgan fingerprint density at radius 2 is 2.05 bits per heavy atom. The Morgan fingerprint density at radius 1 is 1.37 bits per heavy atom. The van der Waals surface area contributed by atoms with E-state index in [4.69, 9.17) is 5.73 Å². The zero-order valence-corrected chi connectivity index (χ0v) is 10.1. The van der Waals surface area contributed by atoms with E-state index in [0.29, 0.717) is 0 Å². The predicted octanol–water partition coefficient (Wildman–Crippen LogP) is 1.98. The molecular weight excluding hydrogens is 259 g/mol. The van der Waals surface area contributed by atoms with E-state index in [0.717, 1.165) is 18.9 Å². The van der Waals surface area contributed by atoms with Crippen molar-refractivity contribution in [1.82, 2.24) is 5.32 Å². The van der Waals surface area contributed by atoms with E-state index in [-0.39, 0.29) is 29.9 Å². The van der Waals surface area contributed by atoms with Gasteiger partial charge in [-0.1, -0.05) is 0 Å². The molecule has 4 N–H and O–H groups in total. The maximum Gasteiger partial charge on any atom is 0.418 e. The smallest absolute Gasteiger partial charge is 0.399 e. The Morgan fingerprint density at radius 3 is 2.63 bits per heavy atom. The summed E-state index contributed by atoms with van der Waals surface area (Å²) in [7, 11) is 0. The van der Waals surface area contributed by atoms with Crippen LogP contribution in [0.25, 0.3) is 0 Å². The first-order valence-electron chi connectivity index (χ1n) is 5.86. The maximum absolute atomic E-state index is 12.8. The topological polar surface area (TPSA) is 67.1 Å². The standard InChI is InChI=1S/C12H14F3N3O/c13-12(14,15)9-5-7(16)1-4-10(9)17-6-11(19)18-8-2-3-8/h1,4-5,8,17H,2-3,6,16H2,(H,18,19). The third-order valence-corrected chi connectivity index (χ3v) is 2.73. The highest BCUT2D eigenvalue weighted by Crippen LogP contribution is 2.35. The summed E-state index contributed by atoms with van der Waals surface area (Å²) in [6.45, 7) is -0.191. The quantitative estimate of drug-likeness (QED) is 0.735. The van der Waals surface area contributed by atoms with Crippen LogP contribution in [0.2, 0.25) is 0 Å². The summed E-state index contributed by atoms with van der Waals surface area (Å²) in [6.07, 6.45) is -2.65. The summed E-state index contributed by atoms with van der Waals surface area (Å²) in [5.74, 6) is -0.313. The number of nitrogen functional groups attached to an aromatic ring is 1. The van der Waals surface area contributed by atoms with E-state index in [9.17, 15) is 18.0 Å². The SMILES string of the molecule is Nc1ccc(NCC(=O)NC2CC2)c(C(F)(F)F)c1. The van der Waals surface area contributed by atoms with Gasteiger partial charge in [-0.2, -0.15) is 13.2 Å². The molecule has 0 aromatic heterocycles. The summed E-state index contributed by atoms with van der Waals surface area (Å²) >= 11 is 0. The van der Waals surface area contributed by atoms with Crippen LogP contribution in [0.15, 0.2) is 18.2 Å². The number of nitrogens with two attached hydrogens (primary N) is 1. The van der Waals surface area contributed by atoms with Gasteiger partial charge in [-0.05, 0) is 31.0 Å². The van der Waals surface area contributed by atoms with Gasteiger partial charge < -0.3 is 16.4 Å². The molecule has 0 aliphatic heterocycles. The Bertz CT molecular complexity index is 484. The Labute approximate surface area is 108 Å². The maximum atomic E-state index is 12.8. The zero-order valence-electron chi connectivity index (χ0n) is 10.1. The van der Waals surface area contributed by atoms with Crippen molar-refractivity contribution in [3.05, 3.63) is 23.8 Å². The van der Waals surface area contributed by atoms with Gasteiger partial charge in [-0.25, -0.2) is 0 Å². The molecule has 1 aromatic rings. The molecule has 0 saturated heterocycles. The number of nitrogens with one attached hydrogen (secondary N) is 2. The van der Waals surface area contributed by atoms with E-state index < -0.39 is 11.7 Å². The summed E-state index contributed by atoms with van der Waals surface area (Å²) < 4.78 is 38.3. The van der Waals surface area contributed by atoms with E-state index in [1.165, 1.54) is 12.1 Å². The van der Waals surface area contributed by atoms with Crippen LogP contribution < -0.4 is 16.4 Å². The largest absolute Gasteiger partial charge is 0.418 e. The van der Waals surface area contributed by atoms with Crippen LogP contribution in [0.1, 0.15) is 18.4 Å². The van der Waals surface area contributed by atoms with E-state index in [1.54, 1.807) is 0 Å². The molecule has 0 atom stereocenters. The van der Waals surface area contributed by atoms with Crippen molar-refractivity contribution in [2.45, 2.75) is 25.1 Å². The van der Waals surface area contributed by atoms with Crippen molar-refractivity contribution in [1.29, 1.82) is 0 Å². The number of halogens is 3. The summed E-state index contributed by atoms with van der Waals surface area (Å²) in [5, 5.41) is 5.18. The fraction of sp³-hybridized carbons (Fsp3) is 0.417. The van der Waals surface area contributed by atoms with Gasteiger partial charge in [0, 0.05) is 17.4 Å². The molecule has 0 heterocycles. The minimum Gasteiger partial charge on any atom is -0.399 e. The van der Waals surface area contributed by atoms with Gasteiger partial charge in [0.1, 0.15) is 0 Å².